The monoisotopic (exact) mass is 342 g/mol. The highest BCUT2D eigenvalue weighted by Crippen LogP contribution is 2.28. The Kier molecular flexibility index (Phi) is 4.94. The second kappa shape index (κ2) is 6.79. The summed E-state index contributed by atoms with van der Waals surface area (Å²) in [4.78, 5) is 26.0. The number of rotatable bonds is 5. The first-order valence-corrected chi connectivity index (χ1v) is 10.5. The van der Waals surface area contributed by atoms with Gasteiger partial charge in [-0.05, 0) is 18.8 Å². The third kappa shape index (κ3) is 4.05. The standard InChI is InChI=1S/C16H26N2O4S/c19-15-9-13(10-18(15)14-6-8-23(21,22)11-14)16(20)17-7-5-12-3-1-2-4-12/h12-14H,1-11H2,(H,17,20)/t13-,14-/m0/s1. The maximum Gasteiger partial charge on any atom is 0.225 e. The molecule has 3 fully saturated rings. The number of carbonyl (C=O) groups excluding carboxylic acids is 2. The van der Waals surface area contributed by atoms with Crippen LogP contribution in [0, 0.1) is 11.8 Å². The van der Waals surface area contributed by atoms with Crippen LogP contribution >= 0.6 is 0 Å². The minimum atomic E-state index is -3.01. The van der Waals surface area contributed by atoms with Crippen molar-refractivity contribution in [2.75, 3.05) is 24.6 Å². The number of carbonyl (C=O) groups is 2. The van der Waals surface area contributed by atoms with Gasteiger partial charge in [0.2, 0.25) is 11.8 Å². The van der Waals surface area contributed by atoms with Crippen LogP contribution in [0.4, 0.5) is 0 Å². The van der Waals surface area contributed by atoms with Crippen LogP contribution in [-0.4, -0.2) is 55.8 Å². The minimum Gasteiger partial charge on any atom is -0.356 e. The van der Waals surface area contributed by atoms with Crippen molar-refractivity contribution in [3.8, 4) is 0 Å². The maximum absolute atomic E-state index is 12.2. The Morgan fingerprint density at radius 1 is 1.22 bits per heavy atom. The van der Waals surface area contributed by atoms with Gasteiger partial charge in [0.15, 0.2) is 9.84 Å². The van der Waals surface area contributed by atoms with Gasteiger partial charge >= 0.3 is 0 Å². The smallest absolute Gasteiger partial charge is 0.225 e. The first-order valence-electron chi connectivity index (χ1n) is 8.72. The molecule has 0 aromatic rings. The zero-order valence-corrected chi connectivity index (χ0v) is 14.3. The lowest BCUT2D eigenvalue weighted by atomic mass is 10.0. The topological polar surface area (TPSA) is 83.6 Å². The van der Waals surface area contributed by atoms with Crippen LogP contribution in [0.5, 0.6) is 0 Å². The third-order valence-electron chi connectivity index (χ3n) is 5.50. The second-order valence-corrected chi connectivity index (χ2v) is 9.46. The van der Waals surface area contributed by atoms with E-state index in [0.717, 1.165) is 12.3 Å². The van der Waals surface area contributed by atoms with Gasteiger partial charge < -0.3 is 10.2 Å². The SMILES string of the molecule is O=C(NCCC1CCCC1)[C@H]1CC(=O)N([C@H]2CCS(=O)(=O)C2)C1. The van der Waals surface area contributed by atoms with Crippen LogP contribution in [-0.2, 0) is 19.4 Å². The number of likely N-dealkylation sites (tertiary alicyclic amines) is 1. The molecule has 7 heteroatoms. The summed E-state index contributed by atoms with van der Waals surface area (Å²) in [6.07, 6.45) is 6.88. The van der Waals surface area contributed by atoms with E-state index in [1.54, 1.807) is 4.90 Å². The Morgan fingerprint density at radius 2 is 1.96 bits per heavy atom. The fourth-order valence-corrected chi connectivity index (χ4v) is 5.85. The maximum atomic E-state index is 12.2. The van der Waals surface area contributed by atoms with E-state index in [0.29, 0.717) is 19.5 Å². The molecule has 2 heterocycles. The molecule has 1 saturated carbocycles. The molecule has 0 unspecified atom stereocenters. The van der Waals surface area contributed by atoms with Gasteiger partial charge in [-0.15, -0.1) is 0 Å². The Balaban J connectivity index is 1.46. The predicted molar refractivity (Wildman–Crippen MR) is 86.5 cm³/mol. The number of hydrogen-bond acceptors (Lipinski definition) is 4. The van der Waals surface area contributed by atoms with E-state index in [2.05, 4.69) is 5.32 Å². The van der Waals surface area contributed by atoms with Gasteiger partial charge in [0.05, 0.1) is 17.4 Å². The lowest BCUT2D eigenvalue weighted by Crippen LogP contribution is -2.39. The number of sulfone groups is 1. The van der Waals surface area contributed by atoms with Crippen molar-refractivity contribution in [1.29, 1.82) is 0 Å². The summed E-state index contributed by atoms with van der Waals surface area (Å²) in [7, 11) is -3.01. The molecule has 0 aromatic heterocycles. The van der Waals surface area contributed by atoms with E-state index in [4.69, 9.17) is 0 Å². The summed E-state index contributed by atoms with van der Waals surface area (Å²) in [5.41, 5.74) is 0. The van der Waals surface area contributed by atoms with E-state index < -0.39 is 9.84 Å². The van der Waals surface area contributed by atoms with Gasteiger partial charge in [-0.25, -0.2) is 8.42 Å². The number of hydrogen-bond donors (Lipinski definition) is 1. The third-order valence-corrected chi connectivity index (χ3v) is 7.26. The normalized spacial score (nSPS) is 31.0. The van der Waals surface area contributed by atoms with Crippen LogP contribution in [0.2, 0.25) is 0 Å². The van der Waals surface area contributed by atoms with Gasteiger partial charge in [-0.2, -0.15) is 0 Å². The van der Waals surface area contributed by atoms with Gasteiger partial charge in [-0.1, -0.05) is 25.7 Å². The Bertz CT molecular complexity index is 569. The summed E-state index contributed by atoms with van der Waals surface area (Å²) < 4.78 is 23.1. The fraction of sp³-hybridized carbons (Fsp3) is 0.875. The number of nitrogens with zero attached hydrogens (tertiary/aromatic N) is 1. The second-order valence-electron chi connectivity index (χ2n) is 7.23. The highest BCUT2D eigenvalue weighted by Gasteiger charge is 2.41. The molecule has 0 radical (unpaired) electrons. The number of amides is 2. The highest BCUT2D eigenvalue weighted by molar-refractivity contribution is 7.91. The molecule has 23 heavy (non-hydrogen) atoms. The average molecular weight is 342 g/mol. The van der Waals surface area contributed by atoms with E-state index in [1.165, 1.54) is 25.7 Å². The van der Waals surface area contributed by atoms with Crippen molar-refractivity contribution in [2.24, 2.45) is 11.8 Å². The molecular formula is C16H26N2O4S. The summed E-state index contributed by atoms with van der Waals surface area (Å²) in [6.45, 7) is 1.06. The Morgan fingerprint density at radius 3 is 2.61 bits per heavy atom. The quantitative estimate of drug-likeness (QED) is 0.798. The zero-order chi connectivity index (χ0) is 16.4. The summed E-state index contributed by atoms with van der Waals surface area (Å²) in [5.74, 6) is 0.479. The summed E-state index contributed by atoms with van der Waals surface area (Å²) in [5, 5.41) is 2.96. The largest absolute Gasteiger partial charge is 0.356 e. The zero-order valence-electron chi connectivity index (χ0n) is 13.5. The molecule has 0 spiro atoms. The fourth-order valence-electron chi connectivity index (χ4n) is 4.12. The van der Waals surface area contributed by atoms with E-state index >= 15 is 0 Å². The Hall–Kier alpha value is -1.11. The predicted octanol–water partition coefficient (Wildman–Crippen LogP) is 0.718. The molecule has 2 atom stereocenters. The van der Waals surface area contributed by atoms with Crippen molar-refractivity contribution in [2.45, 2.75) is 51.0 Å². The van der Waals surface area contributed by atoms with Gasteiger partial charge in [0, 0.05) is 25.6 Å². The summed E-state index contributed by atoms with van der Waals surface area (Å²) >= 11 is 0. The molecule has 0 aromatic carbocycles. The van der Waals surface area contributed by atoms with Gasteiger partial charge in [0.1, 0.15) is 0 Å². The molecule has 1 aliphatic carbocycles. The molecular weight excluding hydrogens is 316 g/mol. The van der Waals surface area contributed by atoms with Gasteiger partial charge in [-0.3, -0.25) is 9.59 Å². The van der Waals surface area contributed by atoms with Crippen LogP contribution in [0.25, 0.3) is 0 Å². The average Bonchev–Trinajstić information content (AvgIpc) is 3.19. The molecule has 1 N–H and O–H groups in total. The van der Waals surface area contributed by atoms with Crippen molar-refractivity contribution in [1.82, 2.24) is 10.2 Å². The first-order chi connectivity index (χ1) is 10.9. The van der Waals surface area contributed by atoms with Crippen LogP contribution < -0.4 is 5.32 Å². The molecule has 2 saturated heterocycles. The lowest BCUT2D eigenvalue weighted by Gasteiger charge is -2.23. The van der Waals surface area contributed by atoms with E-state index in [1.807, 2.05) is 0 Å². The molecule has 6 nitrogen and oxygen atoms in total. The van der Waals surface area contributed by atoms with Crippen LogP contribution in [0.1, 0.15) is 44.9 Å². The molecule has 0 bridgehead atoms. The van der Waals surface area contributed by atoms with Gasteiger partial charge in [0.25, 0.3) is 0 Å². The van der Waals surface area contributed by atoms with Crippen molar-refractivity contribution in [3.63, 3.8) is 0 Å². The Labute approximate surface area is 137 Å². The molecule has 3 rings (SSSR count). The molecule has 3 aliphatic rings. The minimum absolute atomic E-state index is 0.0504. The molecule has 2 amide bonds. The highest BCUT2D eigenvalue weighted by atomic mass is 32.2. The summed E-state index contributed by atoms with van der Waals surface area (Å²) in [6, 6.07) is -0.233. The molecule has 2 aliphatic heterocycles. The van der Waals surface area contributed by atoms with Crippen LogP contribution in [0.3, 0.4) is 0 Å². The lowest BCUT2D eigenvalue weighted by molar-refractivity contribution is -0.130. The molecule has 130 valence electrons. The van der Waals surface area contributed by atoms with Crippen molar-refractivity contribution in [3.05, 3.63) is 0 Å². The van der Waals surface area contributed by atoms with Crippen LogP contribution in [0.15, 0.2) is 0 Å². The van der Waals surface area contributed by atoms with Crippen molar-refractivity contribution < 1.29 is 18.0 Å². The van der Waals surface area contributed by atoms with Crippen molar-refractivity contribution >= 4 is 21.7 Å². The first kappa shape index (κ1) is 16.7. The number of nitrogens with one attached hydrogen (secondary N) is 1. The van der Waals surface area contributed by atoms with E-state index in [9.17, 15) is 18.0 Å². The van der Waals surface area contributed by atoms with E-state index in [-0.39, 0.29) is 41.7 Å².